The zero-order valence-corrected chi connectivity index (χ0v) is 16.1. The lowest BCUT2D eigenvalue weighted by atomic mass is 9.65. The standard InChI is InChI=1S/C25H20O4/c1-2-28-24(27)25(15-16-9-3-4-10-17(16)23(25)26)22-18-11-5-7-13-20(18)29-21-14-8-6-12-19(21)22/h3-14,22H,2,15H2,1H3. The molecular formula is C25H20O4. The summed E-state index contributed by atoms with van der Waals surface area (Å²) in [5.41, 5.74) is 1.80. The predicted octanol–water partition coefficient (Wildman–Crippen LogP) is 4.91. The SMILES string of the molecule is CCOC(=O)C1(C2c3ccccc3Oc3ccccc32)Cc2ccccc2C1=O. The zero-order valence-electron chi connectivity index (χ0n) is 16.1. The number of ether oxygens (including phenoxy) is 2. The quantitative estimate of drug-likeness (QED) is 0.475. The van der Waals surface area contributed by atoms with Gasteiger partial charge in [-0.25, -0.2) is 0 Å². The molecule has 3 aromatic rings. The number of fused-ring (bicyclic) bond motifs is 3. The van der Waals surface area contributed by atoms with Gasteiger partial charge in [0.2, 0.25) is 0 Å². The Kier molecular flexibility index (Phi) is 4.02. The average Bonchev–Trinajstić information content (AvgIpc) is 3.05. The molecule has 0 N–H and O–H groups in total. The Morgan fingerprint density at radius 1 is 0.966 bits per heavy atom. The Morgan fingerprint density at radius 2 is 1.55 bits per heavy atom. The lowest BCUT2D eigenvalue weighted by Crippen LogP contribution is -2.45. The molecule has 1 aliphatic carbocycles. The van der Waals surface area contributed by atoms with Gasteiger partial charge in [-0.1, -0.05) is 60.7 Å². The average molecular weight is 384 g/mol. The normalized spacial score (nSPS) is 19.7. The molecule has 1 atom stereocenters. The summed E-state index contributed by atoms with van der Waals surface area (Å²) in [5.74, 6) is 0.204. The van der Waals surface area contributed by atoms with Crippen molar-refractivity contribution in [2.24, 2.45) is 5.41 Å². The van der Waals surface area contributed by atoms with Gasteiger partial charge in [-0.2, -0.15) is 0 Å². The first-order valence-electron chi connectivity index (χ1n) is 9.82. The van der Waals surface area contributed by atoms with Gasteiger partial charge in [0.15, 0.2) is 5.78 Å². The van der Waals surface area contributed by atoms with E-state index in [-0.39, 0.29) is 12.4 Å². The molecule has 0 aromatic heterocycles. The van der Waals surface area contributed by atoms with E-state index in [0.29, 0.717) is 23.5 Å². The van der Waals surface area contributed by atoms with Gasteiger partial charge in [0, 0.05) is 22.6 Å². The Labute approximate surface area is 169 Å². The molecule has 2 aliphatic rings. The van der Waals surface area contributed by atoms with E-state index in [4.69, 9.17) is 9.47 Å². The fourth-order valence-electron chi connectivity index (χ4n) is 4.73. The van der Waals surface area contributed by atoms with E-state index in [1.807, 2.05) is 66.7 Å². The number of ketones is 1. The minimum Gasteiger partial charge on any atom is -0.465 e. The monoisotopic (exact) mass is 384 g/mol. The van der Waals surface area contributed by atoms with Gasteiger partial charge in [-0.05, 0) is 31.0 Å². The van der Waals surface area contributed by atoms with Crippen molar-refractivity contribution in [1.82, 2.24) is 0 Å². The van der Waals surface area contributed by atoms with E-state index in [9.17, 15) is 9.59 Å². The molecule has 5 rings (SSSR count). The van der Waals surface area contributed by atoms with E-state index in [0.717, 1.165) is 16.7 Å². The highest BCUT2D eigenvalue weighted by Crippen LogP contribution is 2.57. The van der Waals surface area contributed by atoms with Gasteiger partial charge in [-0.3, -0.25) is 9.59 Å². The van der Waals surface area contributed by atoms with Gasteiger partial charge < -0.3 is 9.47 Å². The van der Waals surface area contributed by atoms with Gasteiger partial charge in [-0.15, -0.1) is 0 Å². The summed E-state index contributed by atoms with van der Waals surface area (Å²) in [6.45, 7) is 1.99. The second-order valence-electron chi connectivity index (χ2n) is 7.47. The molecule has 1 heterocycles. The van der Waals surface area contributed by atoms with Crippen molar-refractivity contribution < 1.29 is 19.1 Å². The number of carbonyl (C=O) groups excluding carboxylic acids is 2. The van der Waals surface area contributed by atoms with Crippen LogP contribution in [0, 0.1) is 5.41 Å². The minimum absolute atomic E-state index is 0.178. The highest BCUT2D eigenvalue weighted by molar-refractivity contribution is 6.17. The number of hydrogen-bond acceptors (Lipinski definition) is 4. The summed E-state index contributed by atoms with van der Waals surface area (Å²) in [4.78, 5) is 27.3. The first-order chi connectivity index (χ1) is 14.2. The van der Waals surface area contributed by atoms with Crippen LogP contribution in [-0.4, -0.2) is 18.4 Å². The van der Waals surface area contributed by atoms with Gasteiger partial charge in [0.25, 0.3) is 0 Å². The molecule has 0 spiro atoms. The Balaban J connectivity index is 1.79. The molecule has 144 valence electrons. The third-order valence-corrected chi connectivity index (χ3v) is 5.95. The zero-order chi connectivity index (χ0) is 20.0. The van der Waals surface area contributed by atoms with Crippen LogP contribution in [0.3, 0.4) is 0 Å². The third kappa shape index (κ3) is 2.45. The highest BCUT2D eigenvalue weighted by Gasteiger charge is 2.60. The van der Waals surface area contributed by atoms with E-state index >= 15 is 0 Å². The summed E-state index contributed by atoms with van der Waals surface area (Å²) in [5, 5.41) is 0. The first kappa shape index (κ1) is 17.7. The lowest BCUT2D eigenvalue weighted by molar-refractivity contribution is -0.152. The van der Waals surface area contributed by atoms with Gasteiger partial charge in [0.1, 0.15) is 16.9 Å². The number of benzene rings is 3. The number of rotatable bonds is 3. The number of para-hydroxylation sites is 2. The third-order valence-electron chi connectivity index (χ3n) is 5.95. The molecule has 0 radical (unpaired) electrons. The van der Waals surface area contributed by atoms with Gasteiger partial charge in [0.05, 0.1) is 6.61 Å². The Morgan fingerprint density at radius 3 is 2.17 bits per heavy atom. The largest absolute Gasteiger partial charge is 0.465 e. The molecule has 4 heteroatoms. The van der Waals surface area contributed by atoms with Crippen LogP contribution in [-0.2, 0) is 16.0 Å². The molecule has 1 aliphatic heterocycles. The van der Waals surface area contributed by atoms with Crippen LogP contribution in [0.25, 0.3) is 0 Å². The fourth-order valence-corrected chi connectivity index (χ4v) is 4.73. The second kappa shape index (κ2) is 6.59. The Bertz CT molecular complexity index is 1090. The van der Waals surface area contributed by atoms with Crippen molar-refractivity contribution in [3.63, 3.8) is 0 Å². The van der Waals surface area contributed by atoms with Gasteiger partial charge >= 0.3 is 5.97 Å². The maximum atomic E-state index is 13.8. The van der Waals surface area contributed by atoms with Crippen LogP contribution in [0.5, 0.6) is 11.5 Å². The van der Waals surface area contributed by atoms with Crippen molar-refractivity contribution >= 4 is 11.8 Å². The van der Waals surface area contributed by atoms with E-state index in [1.165, 1.54) is 0 Å². The Hall–Kier alpha value is -3.40. The minimum atomic E-state index is -1.35. The number of carbonyl (C=O) groups is 2. The molecule has 0 saturated heterocycles. The fraction of sp³-hybridized carbons (Fsp3) is 0.200. The smallest absolute Gasteiger partial charge is 0.321 e. The first-order valence-corrected chi connectivity index (χ1v) is 9.82. The molecule has 1 unspecified atom stereocenters. The van der Waals surface area contributed by atoms with Crippen molar-refractivity contribution in [1.29, 1.82) is 0 Å². The molecule has 0 bridgehead atoms. The second-order valence-corrected chi connectivity index (χ2v) is 7.47. The maximum Gasteiger partial charge on any atom is 0.321 e. The van der Waals surface area contributed by atoms with Crippen molar-refractivity contribution in [3.05, 3.63) is 95.1 Å². The summed E-state index contributed by atoms with van der Waals surface area (Å²) in [7, 11) is 0. The maximum absolute atomic E-state index is 13.8. The topological polar surface area (TPSA) is 52.6 Å². The van der Waals surface area contributed by atoms with Crippen LogP contribution in [0.15, 0.2) is 72.8 Å². The van der Waals surface area contributed by atoms with E-state index < -0.39 is 17.3 Å². The molecule has 0 fully saturated rings. The molecule has 4 nitrogen and oxygen atoms in total. The van der Waals surface area contributed by atoms with Crippen LogP contribution >= 0.6 is 0 Å². The molecular weight excluding hydrogens is 364 g/mol. The van der Waals surface area contributed by atoms with Crippen molar-refractivity contribution in [2.45, 2.75) is 19.3 Å². The van der Waals surface area contributed by atoms with Crippen LogP contribution in [0.4, 0.5) is 0 Å². The van der Waals surface area contributed by atoms with Crippen molar-refractivity contribution in [2.75, 3.05) is 6.61 Å². The molecule has 0 amide bonds. The molecule has 3 aromatic carbocycles. The van der Waals surface area contributed by atoms with E-state index in [1.54, 1.807) is 13.0 Å². The number of hydrogen-bond donors (Lipinski definition) is 0. The lowest BCUT2D eigenvalue weighted by Gasteiger charge is -2.38. The van der Waals surface area contributed by atoms with Crippen molar-refractivity contribution in [3.8, 4) is 11.5 Å². The van der Waals surface area contributed by atoms with E-state index in [2.05, 4.69) is 0 Å². The summed E-state index contributed by atoms with van der Waals surface area (Å²) < 4.78 is 11.6. The predicted molar refractivity (Wildman–Crippen MR) is 108 cm³/mol. The van der Waals surface area contributed by atoms with Crippen LogP contribution < -0.4 is 4.74 Å². The summed E-state index contributed by atoms with van der Waals surface area (Å²) >= 11 is 0. The van der Waals surface area contributed by atoms with Crippen LogP contribution in [0.1, 0.15) is 39.9 Å². The highest BCUT2D eigenvalue weighted by atomic mass is 16.5. The summed E-state index contributed by atoms with van der Waals surface area (Å²) in [6, 6.07) is 22.7. The number of esters is 1. The molecule has 29 heavy (non-hydrogen) atoms. The molecule has 0 saturated carbocycles. The van der Waals surface area contributed by atoms with Crippen LogP contribution in [0.2, 0.25) is 0 Å². The summed E-state index contributed by atoms with van der Waals surface area (Å²) in [6.07, 6.45) is 0.314. The number of Topliss-reactive ketones (excluding diaryl/α,β-unsaturated/α-hetero) is 1.